The monoisotopic (exact) mass is 434 g/mol. The van der Waals surface area contributed by atoms with Crippen LogP contribution in [0.1, 0.15) is 23.9 Å². The second-order valence-electron chi connectivity index (χ2n) is 5.87. The molecule has 0 saturated heterocycles. The molecule has 2 heterocycles. The van der Waals surface area contributed by atoms with Crippen molar-refractivity contribution < 1.29 is 45.0 Å². The first-order chi connectivity index (χ1) is 14.0. The van der Waals surface area contributed by atoms with Crippen LogP contribution in [0.15, 0.2) is 22.6 Å². The van der Waals surface area contributed by atoms with Gasteiger partial charge in [-0.1, -0.05) is 0 Å². The number of carbonyl (C=O) groups excluding carboxylic acids is 1. The van der Waals surface area contributed by atoms with Crippen LogP contribution in [-0.2, 0) is 21.9 Å². The molecule has 0 N–H and O–H groups in total. The van der Waals surface area contributed by atoms with Crippen LogP contribution in [0, 0.1) is 0 Å². The largest absolute Gasteiger partial charge is 0.496 e. The van der Waals surface area contributed by atoms with Gasteiger partial charge in [0.05, 0.1) is 19.1 Å². The van der Waals surface area contributed by atoms with E-state index in [2.05, 4.69) is 10.2 Å². The number of aromatic nitrogens is 2. The van der Waals surface area contributed by atoms with E-state index in [1.165, 1.54) is 13.2 Å². The molecule has 3 rings (SSSR count). The molecule has 30 heavy (non-hydrogen) atoms. The van der Waals surface area contributed by atoms with Gasteiger partial charge in [0, 0.05) is 23.1 Å². The maximum atomic E-state index is 13.4. The summed E-state index contributed by atoms with van der Waals surface area (Å²) in [7, 11) is 1.23. The summed E-state index contributed by atoms with van der Waals surface area (Å²) in [5.74, 6) is -0.678. The number of benzene rings is 1. The third-order valence-electron chi connectivity index (χ3n) is 3.96. The number of ether oxygens (including phenoxy) is 2. The van der Waals surface area contributed by atoms with Gasteiger partial charge in [-0.3, -0.25) is 0 Å². The lowest BCUT2D eigenvalue weighted by atomic mass is 10.1. The van der Waals surface area contributed by atoms with Gasteiger partial charge in [0.1, 0.15) is 11.3 Å². The number of hydrogen-bond donors (Lipinski definition) is 0. The Kier molecular flexibility index (Phi) is 5.35. The van der Waals surface area contributed by atoms with Gasteiger partial charge in [-0.15, -0.1) is 10.2 Å². The molecule has 0 fully saturated rings. The second kappa shape index (κ2) is 7.50. The van der Waals surface area contributed by atoms with Crippen molar-refractivity contribution in [3.63, 3.8) is 0 Å². The van der Waals surface area contributed by atoms with Gasteiger partial charge < -0.3 is 13.9 Å². The fourth-order valence-corrected chi connectivity index (χ4v) is 2.78. The highest BCUT2D eigenvalue weighted by Gasteiger charge is 2.43. The van der Waals surface area contributed by atoms with E-state index in [-0.39, 0.29) is 28.9 Å². The number of fused-ring (bicyclic) bond motifs is 3. The summed E-state index contributed by atoms with van der Waals surface area (Å²) in [5.41, 5.74) is -4.62. The highest BCUT2D eigenvalue weighted by atomic mass is 19.4. The molecule has 0 spiro atoms. The van der Waals surface area contributed by atoms with Crippen molar-refractivity contribution in [1.29, 1.82) is 0 Å². The van der Waals surface area contributed by atoms with Crippen LogP contribution in [0.2, 0.25) is 0 Å². The number of nitrogens with zero attached hydrogens (tertiary/aromatic N) is 2. The van der Waals surface area contributed by atoms with Crippen molar-refractivity contribution in [2.75, 3.05) is 13.7 Å². The van der Waals surface area contributed by atoms with E-state index in [4.69, 9.17) is 13.9 Å². The summed E-state index contributed by atoms with van der Waals surface area (Å²) < 4.78 is 94.9. The van der Waals surface area contributed by atoms with Crippen LogP contribution >= 0.6 is 0 Å². The molecular weight excluding hydrogens is 422 g/mol. The first-order valence-corrected chi connectivity index (χ1v) is 8.27. The molecule has 0 amide bonds. The molecule has 3 aromatic rings. The van der Waals surface area contributed by atoms with Crippen molar-refractivity contribution in [3.05, 3.63) is 35.2 Å². The van der Waals surface area contributed by atoms with E-state index >= 15 is 0 Å². The van der Waals surface area contributed by atoms with Crippen molar-refractivity contribution in [3.8, 4) is 5.75 Å². The summed E-state index contributed by atoms with van der Waals surface area (Å²) in [6.07, 6.45) is -7.99. The third-order valence-corrected chi connectivity index (χ3v) is 3.96. The number of carbonyl (C=O) groups is 1. The predicted molar refractivity (Wildman–Crippen MR) is 91.5 cm³/mol. The van der Waals surface area contributed by atoms with E-state index < -0.39 is 40.7 Å². The highest BCUT2D eigenvalue weighted by Crippen LogP contribution is 2.44. The average Bonchev–Trinajstić information content (AvgIpc) is 3.01. The fraction of sp³-hybridized carbons (Fsp3) is 0.278. The van der Waals surface area contributed by atoms with E-state index in [1.54, 1.807) is 6.92 Å². The van der Waals surface area contributed by atoms with Gasteiger partial charge in [-0.2, -0.15) is 26.3 Å². The molecule has 1 aromatic carbocycles. The summed E-state index contributed by atoms with van der Waals surface area (Å²) in [6, 6.07) is 2.22. The molecular formula is C18H12F6N2O4. The third kappa shape index (κ3) is 3.89. The zero-order chi connectivity index (χ0) is 22.3. The molecule has 0 radical (unpaired) electrons. The molecule has 0 aliphatic carbocycles. The lowest BCUT2D eigenvalue weighted by Gasteiger charge is -2.10. The van der Waals surface area contributed by atoms with Crippen LogP contribution in [-0.4, -0.2) is 29.9 Å². The Hall–Kier alpha value is -3.31. The SMILES string of the molecule is CCOC(=O)/C=C/c1cc2c(cc1OC)oc1c(C(F)(F)F)nnc(C(F)(F)F)c12. The Morgan fingerprint density at radius 3 is 2.30 bits per heavy atom. The topological polar surface area (TPSA) is 74.5 Å². The first-order valence-electron chi connectivity index (χ1n) is 8.27. The van der Waals surface area contributed by atoms with Crippen LogP contribution in [0.3, 0.4) is 0 Å². The molecule has 0 aliphatic heterocycles. The Labute approximate surface area is 164 Å². The number of halogens is 6. The normalized spacial score (nSPS) is 12.8. The molecule has 160 valence electrons. The van der Waals surface area contributed by atoms with Crippen molar-refractivity contribution >= 4 is 34.0 Å². The summed E-state index contributed by atoms with van der Waals surface area (Å²) >= 11 is 0. The average molecular weight is 434 g/mol. The first kappa shape index (κ1) is 21.4. The van der Waals surface area contributed by atoms with Crippen LogP contribution in [0.5, 0.6) is 5.75 Å². The number of esters is 1. The Morgan fingerprint density at radius 2 is 1.73 bits per heavy atom. The van der Waals surface area contributed by atoms with Gasteiger partial charge in [0.15, 0.2) is 11.3 Å². The number of alkyl halides is 6. The molecule has 0 bridgehead atoms. The summed E-state index contributed by atoms with van der Waals surface area (Å²) in [5, 5.41) is 4.25. The molecule has 0 aliphatic rings. The lowest BCUT2D eigenvalue weighted by Crippen LogP contribution is -2.15. The number of rotatable bonds is 4. The van der Waals surface area contributed by atoms with Crippen molar-refractivity contribution in [2.24, 2.45) is 0 Å². The summed E-state index contributed by atoms with van der Waals surface area (Å²) in [4.78, 5) is 11.5. The Bertz CT molecular complexity index is 1150. The maximum absolute atomic E-state index is 13.4. The van der Waals surface area contributed by atoms with E-state index in [9.17, 15) is 31.1 Å². The smallest absolute Gasteiger partial charge is 0.438 e. The zero-order valence-corrected chi connectivity index (χ0v) is 15.3. The number of furan rings is 1. The van der Waals surface area contributed by atoms with Crippen LogP contribution in [0.25, 0.3) is 28.0 Å². The number of hydrogen-bond acceptors (Lipinski definition) is 6. The molecule has 2 aromatic heterocycles. The fourth-order valence-electron chi connectivity index (χ4n) is 2.78. The molecule has 0 atom stereocenters. The lowest BCUT2D eigenvalue weighted by molar-refractivity contribution is -0.146. The minimum absolute atomic E-state index is 0.0464. The van der Waals surface area contributed by atoms with E-state index in [0.29, 0.717) is 0 Å². The Morgan fingerprint density at radius 1 is 1.10 bits per heavy atom. The van der Waals surface area contributed by atoms with Gasteiger partial charge in [0.25, 0.3) is 0 Å². The molecule has 6 nitrogen and oxygen atoms in total. The van der Waals surface area contributed by atoms with Gasteiger partial charge in [0.2, 0.25) is 5.69 Å². The zero-order valence-electron chi connectivity index (χ0n) is 15.3. The minimum Gasteiger partial charge on any atom is -0.496 e. The minimum atomic E-state index is -5.10. The van der Waals surface area contributed by atoms with E-state index in [1.807, 2.05) is 0 Å². The van der Waals surface area contributed by atoms with Gasteiger partial charge in [-0.05, 0) is 19.1 Å². The Balaban J connectivity index is 2.36. The quantitative estimate of drug-likeness (QED) is 0.327. The standard InChI is InChI=1S/C18H12F6N2O4/c1-3-29-12(27)5-4-8-6-9-11(7-10(8)28-2)30-14-13(9)15(17(19,20)21)25-26-16(14)18(22,23)24/h4-7H,3H2,1-2H3/b5-4+. The van der Waals surface area contributed by atoms with Crippen molar-refractivity contribution in [2.45, 2.75) is 19.3 Å². The van der Waals surface area contributed by atoms with Crippen LogP contribution in [0.4, 0.5) is 26.3 Å². The van der Waals surface area contributed by atoms with E-state index in [0.717, 1.165) is 18.2 Å². The highest BCUT2D eigenvalue weighted by molar-refractivity contribution is 6.08. The van der Waals surface area contributed by atoms with Crippen LogP contribution < -0.4 is 4.74 Å². The maximum Gasteiger partial charge on any atom is 0.438 e. The van der Waals surface area contributed by atoms with Gasteiger partial charge in [-0.25, -0.2) is 4.79 Å². The number of methoxy groups -OCH3 is 1. The van der Waals surface area contributed by atoms with Gasteiger partial charge >= 0.3 is 18.3 Å². The molecule has 0 unspecified atom stereocenters. The molecule has 12 heteroatoms. The second-order valence-corrected chi connectivity index (χ2v) is 5.87. The predicted octanol–water partition coefficient (Wildman–Crippen LogP) is 5.00. The molecule has 0 saturated carbocycles. The van der Waals surface area contributed by atoms with Crippen molar-refractivity contribution in [1.82, 2.24) is 10.2 Å². The summed E-state index contributed by atoms with van der Waals surface area (Å²) in [6.45, 7) is 1.67.